The average Bonchev–Trinajstić information content (AvgIpc) is 2.19. The maximum atomic E-state index is 6.15. The van der Waals surface area contributed by atoms with E-state index in [4.69, 9.17) is 11.6 Å². The van der Waals surface area contributed by atoms with Crippen LogP contribution in [0, 0.1) is 0 Å². The largest absolute Gasteiger partial charge is 0.314 e. The second-order valence-electron chi connectivity index (χ2n) is 3.80. The number of rotatable bonds is 5. The summed E-state index contributed by atoms with van der Waals surface area (Å²) in [7, 11) is 0. The number of halogens is 2. The average molecular weight is 291 g/mol. The van der Waals surface area contributed by atoms with Crippen LogP contribution in [-0.4, -0.2) is 12.6 Å². The van der Waals surface area contributed by atoms with E-state index in [2.05, 4.69) is 41.2 Å². The van der Waals surface area contributed by atoms with Crippen molar-refractivity contribution in [1.82, 2.24) is 5.32 Å². The molecule has 0 spiro atoms. The molecule has 0 aliphatic carbocycles. The molecule has 0 amide bonds. The van der Waals surface area contributed by atoms with Crippen molar-refractivity contribution >= 4 is 27.5 Å². The van der Waals surface area contributed by atoms with Crippen LogP contribution in [0.5, 0.6) is 0 Å². The highest BCUT2D eigenvalue weighted by atomic mass is 79.9. The zero-order valence-corrected chi connectivity index (χ0v) is 11.5. The lowest BCUT2D eigenvalue weighted by atomic mass is 10.1. The van der Waals surface area contributed by atoms with Gasteiger partial charge in [0, 0.05) is 15.5 Å². The molecule has 84 valence electrons. The standard InChI is InChI=1S/C12H17BrClN/c1-3-6-15-9(2)7-10-4-5-11(13)8-12(10)14/h4-5,8-9,15H,3,6-7H2,1-2H3. The Labute approximate surface area is 105 Å². The maximum absolute atomic E-state index is 6.15. The van der Waals surface area contributed by atoms with E-state index < -0.39 is 0 Å². The van der Waals surface area contributed by atoms with Gasteiger partial charge < -0.3 is 5.32 Å². The Morgan fingerprint density at radius 1 is 1.47 bits per heavy atom. The van der Waals surface area contributed by atoms with Crippen molar-refractivity contribution in [2.75, 3.05) is 6.54 Å². The van der Waals surface area contributed by atoms with Gasteiger partial charge in [-0.2, -0.15) is 0 Å². The third-order valence-electron chi connectivity index (χ3n) is 2.28. The van der Waals surface area contributed by atoms with E-state index in [1.807, 2.05) is 12.1 Å². The van der Waals surface area contributed by atoms with Gasteiger partial charge in [-0.05, 0) is 44.0 Å². The third-order valence-corrected chi connectivity index (χ3v) is 3.13. The van der Waals surface area contributed by atoms with Crippen molar-refractivity contribution < 1.29 is 0 Å². The normalized spacial score (nSPS) is 12.8. The van der Waals surface area contributed by atoms with Crippen LogP contribution in [-0.2, 0) is 6.42 Å². The molecule has 0 aromatic heterocycles. The lowest BCUT2D eigenvalue weighted by Gasteiger charge is -2.14. The molecule has 1 N–H and O–H groups in total. The second kappa shape index (κ2) is 6.51. The summed E-state index contributed by atoms with van der Waals surface area (Å²) < 4.78 is 1.03. The van der Waals surface area contributed by atoms with Gasteiger partial charge in [0.05, 0.1) is 0 Å². The molecule has 3 heteroatoms. The fourth-order valence-electron chi connectivity index (χ4n) is 1.48. The monoisotopic (exact) mass is 289 g/mol. The van der Waals surface area contributed by atoms with Gasteiger partial charge >= 0.3 is 0 Å². The zero-order chi connectivity index (χ0) is 11.3. The molecule has 1 rings (SSSR count). The van der Waals surface area contributed by atoms with Crippen LogP contribution < -0.4 is 5.32 Å². The van der Waals surface area contributed by atoms with Crippen molar-refractivity contribution in [2.24, 2.45) is 0 Å². The molecule has 0 aliphatic heterocycles. The summed E-state index contributed by atoms with van der Waals surface area (Å²) >= 11 is 9.55. The van der Waals surface area contributed by atoms with Gasteiger partial charge in [0.1, 0.15) is 0 Å². The fourth-order valence-corrected chi connectivity index (χ4v) is 2.23. The molecule has 0 bridgehead atoms. The Bertz CT molecular complexity index is 314. The van der Waals surface area contributed by atoms with Gasteiger partial charge in [-0.3, -0.25) is 0 Å². The Kier molecular flexibility index (Phi) is 5.65. The molecule has 1 aromatic rings. The summed E-state index contributed by atoms with van der Waals surface area (Å²) in [5, 5.41) is 4.29. The van der Waals surface area contributed by atoms with Gasteiger partial charge in [-0.25, -0.2) is 0 Å². The highest BCUT2D eigenvalue weighted by Crippen LogP contribution is 2.22. The maximum Gasteiger partial charge on any atom is 0.0449 e. The number of hydrogen-bond acceptors (Lipinski definition) is 1. The summed E-state index contributed by atoms with van der Waals surface area (Å²) in [4.78, 5) is 0. The van der Waals surface area contributed by atoms with E-state index in [-0.39, 0.29) is 0 Å². The third kappa shape index (κ3) is 4.54. The Morgan fingerprint density at radius 3 is 2.80 bits per heavy atom. The van der Waals surface area contributed by atoms with E-state index in [1.54, 1.807) is 0 Å². The molecular formula is C12H17BrClN. The summed E-state index contributed by atoms with van der Waals surface area (Å²) in [6.45, 7) is 5.43. The quantitative estimate of drug-likeness (QED) is 0.863. The summed E-state index contributed by atoms with van der Waals surface area (Å²) in [6, 6.07) is 6.54. The second-order valence-corrected chi connectivity index (χ2v) is 5.12. The number of benzene rings is 1. The Morgan fingerprint density at radius 2 is 2.20 bits per heavy atom. The molecule has 1 nitrogen and oxygen atoms in total. The van der Waals surface area contributed by atoms with Crippen LogP contribution in [0.3, 0.4) is 0 Å². The van der Waals surface area contributed by atoms with Gasteiger partial charge in [0.25, 0.3) is 0 Å². The van der Waals surface area contributed by atoms with Crippen LogP contribution in [0.25, 0.3) is 0 Å². The van der Waals surface area contributed by atoms with Crippen molar-refractivity contribution in [3.63, 3.8) is 0 Å². The smallest absolute Gasteiger partial charge is 0.0449 e. The van der Waals surface area contributed by atoms with E-state index >= 15 is 0 Å². The summed E-state index contributed by atoms with van der Waals surface area (Å²) in [5.41, 5.74) is 1.20. The molecule has 1 unspecified atom stereocenters. The van der Waals surface area contributed by atoms with Crippen LogP contribution in [0.1, 0.15) is 25.8 Å². The molecule has 0 saturated carbocycles. The van der Waals surface area contributed by atoms with Crippen molar-refractivity contribution in [2.45, 2.75) is 32.7 Å². The van der Waals surface area contributed by atoms with E-state index in [0.717, 1.165) is 22.5 Å². The molecular weight excluding hydrogens is 273 g/mol. The number of nitrogens with one attached hydrogen (secondary N) is 1. The highest BCUT2D eigenvalue weighted by Gasteiger charge is 2.06. The van der Waals surface area contributed by atoms with E-state index in [9.17, 15) is 0 Å². The first-order valence-electron chi connectivity index (χ1n) is 5.30. The van der Waals surface area contributed by atoms with E-state index in [0.29, 0.717) is 6.04 Å². The van der Waals surface area contributed by atoms with Gasteiger partial charge in [0.15, 0.2) is 0 Å². The van der Waals surface area contributed by atoms with Crippen LogP contribution in [0.2, 0.25) is 5.02 Å². The number of hydrogen-bond donors (Lipinski definition) is 1. The first-order valence-corrected chi connectivity index (χ1v) is 6.48. The lowest BCUT2D eigenvalue weighted by Crippen LogP contribution is -2.28. The first-order chi connectivity index (χ1) is 7.13. The van der Waals surface area contributed by atoms with Gasteiger partial charge in [-0.1, -0.05) is 40.5 Å². The van der Waals surface area contributed by atoms with Crippen LogP contribution in [0.4, 0.5) is 0 Å². The molecule has 15 heavy (non-hydrogen) atoms. The molecule has 0 heterocycles. The molecule has 0 radical (unpaired) electrons. The minimum atomic E-state index is 0.476. The van der Waals surface area contributed by atoms with Crippen molar-refractivity contribution in [1.29, 1.82) is 0 Å². The summed E-state index contributed by atoms with van der Waals surface area (Å²) in [5.74, 6) is 0. The Hall–Kier alpha value is -0.0500. The molecule has 0 aliphatic rings. The predicted octanol–water partition coefficient (Wildman–Crippen LogP) is 4.03. The Balaban J connectivity index is 2.56. The predicted molar refractivity (Wildman–Crippen MR) is 70.6 cm³/mol. The van der Waals surface area contributed by atoms with E-state index in [1.165, 1.54) is 12.0 Å². The minimum absolute atomic E-state index is 0.476. The zero-order valence-electron chi connectivity index (χ0n) is 9.19. The van der Waals surface area contributed by atoms with Gasteiger partial charge in [0.2, 0.25) is 0 Å². The first kappa shape index (κ1) is 13.0. The highest BCUT2D eigenvalue weighted by molar-refractivity contribution is 9.10. The topological polar surface area (TPSA) is 12.0 Å². The molecule has 1 aromatic carbocycles. The van der Waals surface area contributed by atoms with Crippen molar-refractivity contribution in [3.8, 4) is 0 Å². The molecule has 1 atom stereocenters. The summed E-state index contributed by atoms with van der Waals surface area (Å²) in [6.07, 6.45) is 2.14. The van der Waals surface area contributed by atoms with Crippen LogP contribution >= 0.6 is 27.5 Å². The van der Waals surface area contributed by atoms with Crippen molar-refractivity contribution in [3.05, 3.63) is 33.3 Å². The lowest BCUT2D eigenvalue weighted by molar-refractivity contribution is 0.543. The van der Waals surface area contributed by atoms with Crippen LogP contribution in [0.15, 0.2) is 22.7 Å². The molecule has 0 fully saturated rings. The minimum Gasteiger partial charge on any atom is -0.314 e. The SMILES string of the molecule is CCCNC(C)Cc1ccc(Br)cc1Cl. The molecule has 0 saturated heterocycles. The van der Waals surface area contributed by atoms with Gasteiger partial charge in [-0.15, -0.1) is 0 Å². The fraction of sp³-hybridized carbons (Fsp3) is 0.500.